The number of hydrogen-bond donors (Lipinski definition) is 3. The monoisotopic (exact) mass is 429 g/mol. The number of thiophene rings is 1. The number of fused-ring (bicyclic) bond motifs is 3. The van der Waals surface area contributed by atoms with Gasteiger partial charge in [0.1, 0.15) is 4.83 Å². The van der Waals surface area contributed by atoms with Crippen LogP contribution in [0.2, 0.25) is 0 Å². The molecule has 2 atom stereocenters. The van der Waals surface area contributed by atoms with Crippen LogP contribution in [-0.4, -0.2) is 43.0 Å². The van der Waals surface area contributed by atoms with E-state index in [0.29, 0.717) is 22.6 Å². The van der Waals surface area contributed by atoms with Crippen LogP contribution in [0.4, 0.5) is 0 Å². The van der Waals surface area contributed by atoms with Crippen LogP contribution in [0, 0.1) is 5.41 Å². The van der Waals surface area contributed by atoms with Gasteiger partial charge >= 0.3 is 0 Å². The highest BCUT2D eigenvalue weighted by Crippen LogP contribution is 2.34. The van der Waals surface area contributed by atoms with Gasteiger partial charge in [0.2, 0.25) is 5.82 Å². The minimum Gasteiger partial charge on any atom is -0.349 e. The third-order valence-electron chi connectivity index (χ3n) is 6.30. The molecule has 1 aliphatic carbocycles. The summed E-state index contributed by atoms with van der Waals surface area (Å²) in [5.74, 6) is 0.640. The van der Waals surface area contributed by atoms with Gasteiger partial charge in [-0.3, -0.25) is 9.59 Å². The minimum atomic E-state index is -0.339. The molecule has 1 amide bonds. The number of carbonyl (C=O) groups is 1. The SMILES string of the molecule is CCC(C)(CCC(C)c1nn[nH]n1)CNC(=O)c1nc2sc3c(c2c(=O)[nH]1)CCC3. The predicted octanol–water partition coefficient (Wildman–Crippen LogP) is 2.72. The summed E-state index contributed by atoms with van der Waals surface area (Å²) < 4.78 is 0. The van der Waals surface area contributed by atoms with Gasteiger partial charge in [0.05, 0.1) is 5.39 Å². The molecule has 0 aliphatic heterocycles. The lowest BCUT2D eigenvalue weighted by atomic mass is 9.80. The summed E-state index contributed by atoms with van der Waals surface area (Å²) in [6, 6.07) is 0. The van der Waals surface area contributed by atoms with E-state index in [9.17, 15) is 9.59 Å². The molecule has 0 saturated carbocycles. The Hall–Kier alpha value is -2.62. The zero-order valence-electron chi connectivity index (χ0n) is 17.5. The van der Waals surface area contributed by atoms with Gasteiger partial charge in [0.25, 0.3) is 11.5 Å². The maximum absolute atomic E-state index is 12.7. The Bertz CT molecular complexity index is 1100. The molecule has 2 unspecified atom stereocenters. The van der Waals surface area contributed by atoms with Crippen molar-refractivity contribution in [3.8, 4) is 0 Å². The van der Waals surface area contributed by atoms with Gasteiger partial charge in [-0.25, -0.2) is 4.98 Å². The summed E-state index contributed by atoms with van der Waals surface area (Å²) in [5.41, 5.74) is 0.823. The van der Waals surface area contributed by atoms with Crippen LogP contribution in [0.1, 0.15) is 79.3 Å². The van der Waals surface area contributed by atoms with Crippen molar-refractivity contribution >= 4 is 27.5 Å². The summed E-state index contributed by atoms with van der Waals surface area (Å²) in [7, 11) is 0. The van der Waals surface area contributed by atoms with Crippen LogP contribution in [0.15, 0.2) is 4.79 Å². The molecule has 0 bridgehead atoms. The standard InChI is InChI=1S/C20H27N7O2S/c1-4-20(3,9-8-11(2)15-24-26-27-25-15)10-21-18(29)16-22-17(28)14-12-6-5-7-13(12)30-19(14)23-16/h11H,4-10H2,1-3H3,(H,21,29)(H,22,23,28)(H,24,25,26,27). The zero-order chi connectivity index (χ0) is 21.3. The molecule has 10 heteroatoms. The Morgan fingerprint density at radius 2 is 2.20 bits per heavy atom. The largest absolute Gasteiger partial charge is 0.349 e. The van der Waals surface area contributed by atoms with Gasteiger partial charge in [-0.2, -0.15) is 5.21 Å². The van der Waals surface area contributed by atoms with E-state index in [4.69, 9.17) is 0 Å². The Kier molecular flexibility index (Phi) is 5.68. The van der Waals surface area contributed by atoms with E-state index in [1.807, 2.05) is 0 Å². The summed E-state index contributed by atoms with van der Waals surface area (Å²) >= 11 is 1.54. The number of aromatic amines is 2. The lowest BCUT2D eigenvalue weighted by molar-refractivity contribution is 0.0917. The van der Waals surface area contributed by atoms with Crippen molar-refractivity contribution in [3.05, 3.63) is 32.4 Å². The normalized spacial score (nSPS) is 16.4. The molecule has 3 heterocycles. The molecule has 160 valence electrons. The van der Waals surface area contributed by atoms with Crippen molar-refractivity contribution in [2.24, 2.45) is 5.41 Å². The number of tetrazole rings is 1. The van der Waals surface area contributed by atoms with E-state index < -0.39 is 0 Å². The lowest BCUT2D eigenvalue weighted by Crippen LogP contribution is -2.37. The molecule has 0 radical (unpaired) electrons. The number of nitrogens with zero attached hydrogens (tertiary/aromatic N) is 4. The van der Waals surface area contributed by atoms with E-state index in [-0.39, 0.29) is 28.6 Å². The van der Waals surface area contributed by atoms with Crippen molar-refractivity contribution in [1.82, 2.24) is 35.9 Å². The Morgan fingerprint density at radius 3 is 2.93 bits per heavy atom. The van der Waals surface area contributed by atoms with E-state index >= 15 is 0 Å². The number of hydrogen-bond acceptors (Lipinski definition) is 7. The first-order valence-corrected chi connectivity index (χ1v) is 11.3. The second kappa shape index (κ2) is 8.25. The first-order chi connectivity index (χ1) is 14.4. The number of amides is 1. The average molecular weight is 430 g/mol. The molecule has 30 heavy (non-hydrogen) atoms. The fraction of sp³-hybridized carbons (Fsp3) is 0.600. The first kappa shape index (κ1) is 20.6. The van der Waals surface area contributed by atoms with Crippen molar-refractivity contribution in [1.29, 1.82) is 0 Å². The fourth-order valence-corrected chi connectivity index (χ4v) is 5.21. The van der Waals surface area contributed by atoms with Crippen molar-refractivity contribution in [2.75, 3.05) is 6.54 Å². The molecular weight excluding hydrogens is 402 g/mol. The van der Waals surface area contributed by atoms with Gasteiger partial charge in [-0.05, 0) is 49.5 Å². The number of H-pyrrole nitrogens is 2. The zero-order valence-corrected chi connectivity index (χ0v) is 18.4. The third kappa shape index (κ3) is 4.00. The summed E-state index contributed by atoms with van der Waals surface area (Å²) in [5, 5.41) is 17.8. The van der Waals surface area contributed by atoms with E-state index in [2.05, 4.69) is 56.7 Å². The Labute approximate surface area is 178 Å². The predicted molar refractivity (Wildman–Crippen MR) is 115 cm³/mol. The fourth-order valence-electron chi connectivity index (χ4n) is 3.95. The van der Waals surface area contributed by atoms with Crippen LogP contribution in [0.3, 0.4) is 0 Å². The Balaban J connectivity index is 1.42. The van der Waals surface area contributed by atoms with Crippen LogP contribution in [0.25, 0.3) is 10.2 Å². The third-order valence-corrected chi connectivity index (χ3v) is 7.49. The van der Waals surface area contributed by atoms with Crippen molar-refractivity contribution in [2.45, 2.75) is 65.2 Å². The van der Waals surface area contributed by atoms with Crippen LogP contribution in [-0.2, 0) is 12.8 Å². The Morgan fingerprint density at radius 1 is 1.37 bits per heavy atom. The number of nitrogens with one attached hydrogen (secondary N) is 3. The van der Waals surface area contributed by atoms with Gasteiger partial charge in [-0.1, -0.05) is 26.0 Å². The van der Waals surface area contributed by atoms with Gasteiger partial charge in [0, 0.05) is 17.3 Å². The molecule has 3 N–H and O–H groups in total. The number of carbonyl (C=O) groups excluding carboxylic acids is 1. The molecule has 0 saturated heterocycles. The van der Waals surface area contributed by atoms with Gasteiger partial charge in [0.15, 0.2) is 5.82 Å². The highest BCUT2D eigenvalue weighted by atomic mass is 32.1. The molecule has 0 fully saturated rings. The van der Waals surface area contributed by atoms with Gasteiger partial charge in [-0.15, -0.1) is 21.5 Å². The molecular formula is C20H27N7O2S. The molecule has 0 aromatic carbocycles. The topological polar surface area (TPSA) is 129 Å². The lowest BCUT2D eigenvalue weighted by Gasteiger charge is -2.29. The van der Waals surface area contributed by atoms with Crippen LogP contribution in [0.5, 0.6) is 0 Å². The summed E-state index contributed by atoms with van der Waals surface area (Å²) in [6.45, 7) is 6.84. The summed E-state index contributed by atoms with van der Waals surface area (Å²) in [4.78, 5) is 34.4. The molecule has 0 spiro atoms. The quantitative estimate of drug-likeness (QED) is 0.505. The smallest absolute Gasteiger partial charge is 0.287 e. The average Bonchev–Trinajstić information content (AvgIpc) is 3.47. The van der Waals surface area contributed by atoms with Crippen LogP contribution >= 0.6 is 11.3 Å². The van der Waals surface area contributed by atoms with E-state index in [0.717, 1.165) is 44.1 Å². The van der Waals surface area contributed by atoms with E-state index in [1.54, 1.807) is 0 Å². The van der Waals surface area contributed by atoms with Crippen LogP contribution < -0.4 is 10.9 Å². The van der Waals surface area contributed by atoms with Crippen molar-refractivity contribution < 1.29 is 4.79 Å². The number of aromatic nitrogens is 6. The molecule has 3 aromatic heterocycles. The number of aryl methyl sites for hydroxylation is 2. The first-order valence-electron chi connectivity index (χ1n) is 10.5. The second-order valence-corrected chi connectivity index (χ2v) is 9.59. The highest BCUT2D eigenvalue weighted by Gasteiger charge is 2.26. The number of rotatable bonds is 8. The van der Waals surface area contributed by atoms with Gasteiger partial charge < -0.3 is 10.3 Å². The molecule has 4 rings (SSSR count). The van der Waals surface area contributed by atoms with E-state index in [1.165, 1.54) is 16.2 Å². The summed E-state index contributed by atoms with van der Waals surface area (Å²) in [6.07, 6.45) is 5.70. The molecule has 9 nitrogen and oxygen atoms in total. The maximum Gasteiger partial charge on any atom is 0.287 e. The molecule has 3 aromatic rings. The van der Waals surface area contributed by atoms with Crippen molar-refractivity contribution in [3.63, 3.8) is 0 Å². The maximum atomic E-state index is 12.7. The minimum absolute atomic E-state index is 0.0812. The second-order valence-electron chi connectivity index (χ2n) is 8.51. The highest BCUT2D eigenvalue weighted by molar-refractivity contribution is 7.18. The molecule has 1 aliphatic rings.